The highest BCUT2D eigenvalue weighted by Gasteiger charge is 2.13. The third-order valence-electron chi connectivity index (χ3n) is 2.55. The van der Waals surface area contributed by atoms with Crippen LogP contribution in [0, 0.1) is 0 Å². The van der Waals surface area contributed by atoms with Crippen molar-refractivity contribution in [1.82, 2.24) is 0 Å². The summed E-state index contributed by atoms with van der Waals surface area (Å²) in [6, 6.07) is 12.1. The van der Waals surface area contributed by atoms with Crippen molar-refractivity contribution in [2.75, 3.05) is 0 Å². The van der Waals surface area contributed by atoms with Crippen molar-refractivity contribution in [3.05, 3.63) is 47.0 Å². The van der Waals surface area contributed by atoms with E-state index in [-0.39, 0.29) is 5.54 Å². The molecule has 0 aliphatic heterocycles. The Labute approximate surface area is 94.9 Å². The molecule has 0 amide bonds. The Kier molecular flexibility index (Phi) is 2.45. The van der Waals surface area contributed by atoms with Crippen LogP contribution in [-0.4, -0.2) is 0 Å². The summed E-state index contributed by atoms with van der Waals surface area (Å²) in [6.45, 7) is 4.00. The minimum atomic E-state index is -0.309. The molecule has 2 rings (SSSR count). The van der Waals surface area contributed by atoms with E-state index in [1.807, 2.05) is 32.0 Å². The minimum Gasteiger partial charge on any atom is -0.322 e. The van der Waals surface area contributed by atoms with Crippen molar-refractivity contribution in [3.63, 3.8) is 0 Å². The van der Waals surface area contributed by atoms with E-state index < -0.39 is 0 Å². The van der Waals surface area contributed by atoms with Gasteiger partial charge in [-0.15, -0.1) is 0 Å². The average molecular weight is 220 g/mol. The van der Waals surface area contributed by atoms with Crippen LogP contribution in [-0.2, 0) is 5.54 Å². The summed E-state index contributed by atoms with van der Waals surface area (Å²) in [7, 11) is 0. The van der Waals surface area contributed by atoms with Crippen LogP contribution in [0.5, 0.6) is 0 Å². The number of hydrogen-bond acceptors (Lipinski definition) is 1. The maximum atomic E-state index is 6.05. The second kappa shape index (κ2) is 3.51. The summed E-state index contributed by atoms with van der Waals surface area (Å²) in [5.41, 5.74) is 6.87. The highest BCUT2D eigenvalue weighted by Crippen LogP contribution is 2.24. The topological polar surface area (TPSA) is 26.0 Å². The first-order valence-corrected chi connectivity index (χ1v) is 5.33. The maximum Gasteiger partial charge on any atom is 0.0412 e. The summed E-state index contributed by atoms with van der Waals surface area (Å²) >= 11 is 5.95. The molecule has 15 heavy (non-hydrogen) atoms. The van der Waals surface area contributed by atoms with Gasteiger partial charge >= 0.3 is 0 Å². The van der Waals surface area contributed by atoms with Gasteiger partial charge in [-0.3, -0.25) is 0 Å². The van der Waals surface area contributed by atoms with Crippen molar-refractivity contribution >= 4 is 22.4 Å². The zero-order valence-electron chi connectivity index (χ0n) is 8.92. The summed E-state index contributed by atoms with van der Waals surface area (Å²) in [5.74, 6) is 0. The Bertz CT molecular complexity index is 497. The first-order valence-electron chi connectivity index (χ1n) is 4.95. The van der Waals surface area contributed by atoms with Crippen LogP contribution < -0.4 is 5.73 Å². The SMILES string of the molecule is CC(C)(N)c1ccc2ccc(Cl)cc2c1. The number of nitrogens with two attached hydrogens (primary N) is 1. The fourth-order valence-corrected chi connectivity index (χ4v) is 1.80. The monoisotopic (exact) mass is 219 g/mol. The zero-order valence-corrected chi connectivity index (χ0v) is 9.68. The third-order valence-corrected chi connectivity index (χ3v) is 2.78. The second-order valence-electron chi connectivity index (χ2n) is 4.43. The van der Waals surface area contributed by atoms with E-state index in [0.717, 1.165) is 16.0 Å². The predicted molar refractivity (Wildman–Crippen MR) is 66.2 cm³/mol. The van der Waals surface area contributed by atoms with Crippen LogP contribution in [0.1, 0.15) is 19.4 Å². The summed E-state index contributed by atoms with van der Waals surface area (Å²) in [5, 5.41) is 3.08. The van der Waals surface area contributed by atoms with E-state index in [9.17, 15) is 0 Å². The summed E-state index contributed by atoms with van der Waals surface area (Å²) in [4.78, 5) is 0. The Balaban J connectivity index is 2.64. The molecule has 0 atom stereocenters. The van der Waals surface area contributed by atoms with Gasteiger partial charge in [-0.25, -0.2) is 0 Å². The third kappa shape index (κ3) is 2.14. The van der Waals surface area contributed by atoms with Crippen LogP contribution in [0.4, 0.5) is 0 Å². The quantitative estimate of drug-likeness (QED) is 0.778. The van der Waals surface area contributed by atoms with Crippen LogP contribution in [0.25, 0.3) is 10.8 Å². The first-order chi connectivity index (χ1) is 6.97. The van der Waals surface area contributed by atoms with Gasteiger partial charge in [0.05, 0.1) is 0 Å². The van der Waals surface area contributed by atoms with Crippen molar-refractivity contribution in [2.24, 2.45) is 5.73 Å². The lowest BCUT2D eigenvalue weighted by Gasteiger charge is -2.19. The molecule has 1 nitrogen and oxygen atoms in total. The van der Waals surface area contributed by atoms with Crippen LogP contribution in [0.3, 0.4) is 0 Å². The number of fused-ring (bicyclic) bond motifs is 1. The molecule has 2 heteroatoms. The van der Waals surface area contributed by atoms with E-state index >= 15 is 0 Å². The largest absolute Gasteiger partial charge is 0.322 e. The molecule has 0 spiro atoms. The summed E-state index contributed by atoms with van der Waals surface area (Å²) < 4.78 is 0. The van der Waals surface area contributed by atoms with Gasteiger partial charge in [-0.2, -0.15) is 0 Å². The molecule has 0 aromatic heterocycles. The van der Waals surface area contributed by atoms with Crippen molar-refractivity contribution in [1.29, 1.82) is 0 Å². The molecule has 2 aromatic rings. The van der Waals surface area contributed by atoms with Crippen LogP contribution >= 0.6 is 11.6 Å². The Morgan fingerprint density at radius 2 is 1.67 bits per heavy atom. The van der Waals surface area contributed by atoms with E-state index in [1.165, 1.54) is 5.39 Å². The molecule has 2 N–H and O–H groups in total. The first kappa shape index (κ1) is 10.5. The lowest BCUT2D eigenvalue weighted by Crippen LogP contribution is -2.28. The average Bonchev–Trinajstić information content (AvgIpc) is 2.15. The van der Waals surface area contributed by atoms with Gasteiger partial charge in [0.2, 0.25) is 0 Å². The fraction of sp³-hybridized carbons (Fsp3) is 0.231. The molecule has 0 heterocycles. The van der Waals surface area contributed by atoms with Gasteiger partial charge in [-0.05, 0) is 48.4 Å². The smallest absolute Gasteiger partial charge is 0.0412 e. The van der Waals surface area contributed by atoms with E-state index in [2.05, 4.69) is 18.2 Å². The predicted octanol–water partition coefficient (Wildman–Crippen LogP) is 3.69. The molecule has 0 unspecified atom stereocenters. The molecule has 0 saturated heterocycles. The van der Waals surface area contributed by atoms with E-state index in [1.54, 1.807) is 0 Å². The van der Waals surface area contributed by atoms with Crippen LogP contribution in [0.15, 0.2) is 36.4 Å². The molecule has 0 bridgehead atoms. The molecule has 0 aliphatic rings. The molecule has 0 saturated carbocycles. The second-order valence-corrected chi connectivity index (χ2v) is 4.86. The molecular formula is C13H14ClN. The van der Waals surface area contributed by atoms with Crippen molar-refractivity contribution in [3.8, 4) is 0 Å². The zero-order chi connectivity index (χ0) is 11.1. The highest BCUT2D eigenvalue weighted by atomic mass is 35.5. The molecule has 0 aliphatic carbocycles. The van der Waals surface area contributed by atoms with Crippen molar-refractivity contribution < 1.29 is 0 Å². The number of hydrogen-bond donors (Lipinski definition) is 1. The van der Waals surface area contributed by atoms with Gasteiger partial charge in [0, 0.05) is 10.6 Å². The molecular weight excluding hydrogens is 206 g/mol. The summed E-state index contributed by atoms with van der Waals surface area (Å²) in [6.07, 6.45) is 0. The number of halogens is 1. The number of rotatable bonds is 1. The molecule has 0 fully saturated rings. The van der Waals surface area contributed by atoms with Gasteiger partial charge < -0.3 is 5.73 Å². The van der Waals surface area contributed by atoms with Crippen LogP contribution in [0.2, 0.25) is 5.02 Å². The Morgan fingerprint density at radius 1 is 1.00 bits per heavy atom. The normalized spacial score (nSPS) is 12.0. The van der Waals surface area contributed by atoms with Gasteiger partial charge in [0.25, 0.3) is 0 Å². The number of benzene rings is 2. The highest BCUT2D eigenvalue weighted by molar-refractivity contribution is 6.31. The van der Waals surface area contributed by atoms with Gasteiger partial charge in [0.1, 0.15) is 0 Å². The molecule has 0 radical (unpaired) electrons. The van der Waals surface area contributed by atoms with E-state index in [0.29, 0.717) is 0 Å². The van der Waals surface area contributed by atoms with E-state index in [4.69, 9.17) is 17.3 Å². The van der Waals surface area contributed by atoms with Crippen molar-refractivity contribution in [2.45, 2.75) is 19.4 Å². The fourth-order valence-electron chi connectivity index (χ4n) is 1.62. The minimum absolute atomic E-state index is 0.309. The Morgan fingerprint density at radius 3 is 2.33 bits per heavy atom. The Hall–Kier alpha value is -1.05. The molecule has 78 valence electrons. The van der Waals surface area contributed by atoms with Gasteiger partial charge in [-0.1, -0.05) is 29.8 Å². The molecule has 2 aromatic carbocycles. The van der Waals surface area contributed by atoms with Gasteiger partial charge in [0.15, 0.2) is 0 Å². The maximum absolute atomic E-state index is 6.05. The lowest BCUT2D eigenvalue weighted by atomic mass is 9.93. The standard InChI is InChI=1S/C13H14ClN/c1-13(2,15)11-5-3-9-4-6-12(14)8-10(9)7-11/h3-8H,15H2,1-2H3. The lowest BCUT2D eigenvalue weighted by molar-refractivity contribution is 0.555.